The van der Waals surface area contributed by atoms with Gasteiger partial charge in [0.1, 0.15) is 22.4 Å². The number of anilines is 2. The van der Waals surface area contributed by atoms with Crippen molar-refractivity contribution < 1.29 is 28.5 Å². The predicted octanol–water partition coefficient (Wildman–Crippen LogP) is 4.48. The van der Waals surface area contributed by atoms with E-state index in [1.54, 1.807) is 19.3 Å². The van der Waals surface area contributed by atoms with Gasteiger partial charge in [0.2, 0.25) is 5.95 Å². The number of hydrogen-bond donors (Lipinski definition) is 5. The van der Waals surface area contributed by atoms with Gasteiger partial charge in [-0.2, -0.15) is 18.2 Å². The highest BCUT2D eigenvalue weighted by Crippen LogP contribution is 2.49. The topological polar surface area (TPSA) is 136 Å². The molecule has 3 atom stereocenters. The zero-order chi connectivity index (χ0) is 29.0. The monoisotopic (exact) mass is 586 g/mol. The van der Waals surface area contributed by atoms with E-state index in [1.807, 2.05) is 6.07 Å². The molecule has 0 amide bonds. The van der Waals surface area contributed by atoms with E-state index in [9.17, 15) is 28.5 Å². The highest BCUT2D eigenvalue weighted by molar-refractivity contribution is 7.21. The summed E-state index contributed by atoms with van der Waals surface area (Å²) in [6.45, 7) is 1.94. The van der Waals surface area contributed by atoms with E-state index in [0.29, 0.717) is 34.7 Å². The van der Waals surface area contributed by atoms with Crippen LogP contribution < -0.4 is 10.6 Å². The third-order valence-electron chi connectivity index (χ3n) is 8.16. The van der Waals surface area contributed by atoms with Crippen molar-refractivity contribution in [2.45, 2.75) is 56.0 Å². The molecule has 216 valence electrons. The SMILES string of the molecule is Cc1nc(NCC2(c3ccc(C(F)(F)F)cc3)CC2)nc(NC2(O)CCC(CO)C2O)c1-c1nc2cnccc2s1. The average Bonchev–Trinajstić information content (AvgIpc) is 3.53. The number of halogens is 3. The molecule has 4 aromatic rings. The maximum Gasteiger partial charge on any atom is 0.416 e. The number of aliphatic hydroxyl groups is 3. The van der Waals surface area contributed by atoms with Crippen LogP contribution in [0.2, 0.25) is 0 Å². The van der Waals surface area contributed by atoms with E-state index in [2.05, 4.69) is 25.6 Å². The maximum atomic E-state index is 13.0. The first kappa shape index (κ1) is 27.8. The van der Waals surface area contributed by atoms with Gasteiger partial charge in [-0.15, -0.1) is 11.3 Å². The number of benzene rings is 1. The Kier molecular flexibility index (Phi) is 6.88. The molecule has 3 aromatic heterocycles. The summed E-state index contributed by atoms with van der Waals surface area (Å²) in [5, 5.41) is 38.6. The van der Waals surface area contributed by atoms with E-state index in [-0.39, 0.29) is 30.2 Å². The molecule has 3 unspecified atom stereocenters. The summed E-state index contributed by atoms with van der Waals surface area (Å²) in [5.74, 6) is 0.0551. The summed E-state index contributed by atoms with van der Waals surface area (Å²) >= 11 is 1.42. The highest BCUT2D eigenvalue weighted by Gasteiger charge is 2.47. The molecule has 0 saturated heterocycles. The van der Waals surface area contributed by atoms with Gasteiger partial charge in [-0.3, -0.25) is 4.98 Å². The molecule has 1 aromatic carbocycles. The van der Waals surface area contributed by atoms with Crippen molar-refractivity contribution in [3.05, 3.63) is 59.5 Å². The molecule has 6 rings (SSSR count). The van der Waals surface area contributed by atoms with Gasteiger partial charge in [-0.1, -0.05) is 12.1 Å². The molecule has 2 aliphatic rings. The lowest BCUT2D eigenvalue weighted by Gasteiger charge is -2.31. The molecule has 3 heterocycles. The summed E-state index contributed by atoms with van der Waals surface area (Å²) in [6, 6.07) is 7.11. The van der Waals surface area contributed by atoms with E-state index in [0.717, 1.165) is 35.2 Å². The van der Waals surface area contributed by atoms with Crippen LogP contribution in [0.4, 0.5) is 24.9 Å². The molecular formula is C28H29F3N6O3S. The largest absolute Gasteiger partial charge is 0.416 e. The Labute approximate surface area is 237 Å². The Bertz CT molecular complexity index is 1540. The van der Waals surface area contributed by atoms with Crippen molar-refractivity contribution in [3.63, 3.8) is 0 Å². The number of pyridine rings is 1. The molecule has 2 aliphatic carbocycles. The summed E-state index contributed by atoms with van der Waals surface area (Å²) < 4.78 is 40.0. The fourth-order valence-electron chi connectivity index (χ4n) is 5.50. The molecule has 0 aliphatic heterocycles. The number of aryl methyl sites for hydroxylation is 1. The van der Waals surface area contributed by atoms with Crippen LogP contribution in [-0.2, 0) is 11.6 Å². The number of fused-ring (bicyclic) bond motifs is 1. The molecule has 5 N–H and O–H groups in total. The van der Waals surface area contributed by atoms with Gasteiger partial charge in [0, 0.05) is 30.7 Å². The third-order valence-corrected chi connectivity index (χ3v) is 9.21. The van der Waals surface area contributed by atoms with Gasteiger partial charge >= 0.3 is 6.18 Å². The van der Waals surface area contributed by atoms with Gasteiger partial charge in [-0.05, 0) is 56.4 Å². The molecule has 13 heteroatoms. The minimum Gasteiger partial charge on any atom is -0.396 e. The highest BCUT2D eigenvalue weighted by atomic mass is 32.1. The second-order valence-electron chi connectivity index (χ2n) is 10.9. The van der Waals surface area contributed by atoms with Crippen molar-refractivity contribution in [2.24, 2.45) is 5.92 Å². The zero-order valence-electron chi connectivity index (χ0n) is 22.1. The first-order valence-corrected chi connectivity index (χ1v) is 14.1. The number of aliphatic hydroxyl groups excluding tert-OH is 2. The Morgan fingerprint density at radius 1 is 1.07 bits per heavy atom. The molecular weight excluding hydrogens is 557 g/mol. The number of nitrogens with one attached hydrogen (secondary N) is 2. The summed E-state index contributed by atoms with van der Waals surface area (Å²) in [4.78, 5) is 18.2. The fourth-order valence-corrected chi connectivity index (χ4v) is 6.53. The molecule has 0 bridgehead atoms. The van der Waals surface area contributed by atoms with Crippen molar-refractivity contribution in [1.82, 2.24) is 19.9 Å². The Morgan fingerprint density at radius 2 is 1.83 bits per heavy atom. The maximum absolute atomic E-state index is 13.0. The Balaban J connectivity index is 1.32. The lowest BCUT2D eigenvalue weighted by Crippen LogP contribution is -2.48. The lowest BCUT2D eigenvalue weighted by molar-refractivity contribution is -0.137. The first-order valence-electron chi connectivity index (χ1n) is 13.3. The number of thiazole rings is 1. The van der Waals surface area contributed by atoms with Crippen LogP contribution in [0.25, 0.3) is 20.8 Å². The van der Waals surface area contributed by atoms with Crippen molar-refractivity contribution >= 4 is 33.3 Å². The second-order valence-corrected chi connectivity index (χ2v) is 11.9. The molecule has 0 spiro atoms. The fraction of sp³-hybridized carbons (Fsp3) is 0.429. The summed E-state index contributed by atoms with van der Waals surface area (Å²) in [7, 11) is 0. The van der Waals surface area contributed by atoms with Crippen molar-refractivity contribution in [2.75, 3.05) is 23.8 Å². The van der Waals surface area contributed by atoms with Crippen LogP contribution in [0.1, 0.15) is 42.5 Å². The normalized spacial score (nSPS) is 23.6. The number of rotatable bonds is 8. The second kappa shape index (κ2) is 10.2. The van der Waals surface area contributed by atoms with Crippen LogP contribution in [0.5, 0.6) is 0 Å². The van der Waals surface area contributed by atoms with Crippen LogP contribution in [0.3, 0.4) is 0 Å². The average molecular weight is 587 g/mol. The lowest BCUT2D eigenvalue weighted by atomic mass is 9.95. The zero-order valence-corrected chi connectivity index (χ0v) is 22.9. The Morgan fingerprint density at radius 3 is 2.46 bits per heavy atom. The smallest absolute Gasteiger partial charge is 0.396 e. The van der Waals surface area contributed by atoms with Crippen LogP contribution >= 0.6 is 11.3 Å². The number of aromatic nitrogens is 4. The third kappa shape index (κ3) is 5.23. The van der Waals surface area contributed by atoms with Crippen LogP contribution in [-0.4, -0.2) is 60.2 Å². The summed E-state index contributed by atoms with van der Waals surface area (Å²) in [5.41, 5.74) is -0.0900. The number of hydrogen-bond acceptors (Lipinski definition) is 10. The van der Waals surface area contributed by atoms with Gasteiger partial charge in [0.05, 0.1) is 27.7 Å². The quantitative estimate of drug-likeness (QED) is 0.189. The van der Waals surface area contributed by atoms with E-state index >= 15 is 0 Å². The van der Waals surface area contributed by atoms with E-state index < -0.39 is 29.5 Å². The van der Waals surface area contributed by atoms with Crippen molar-refractivity contribution in [3.8, 4) is 10.6 Å². The van der Waals surface area contributed by atoms with Gasteiger partial charge in [0.15, 0.2) is 5.72 Å². The van der Waals surface area contributed by atoms with E-state index in [1.165, 1.54) is 23.5 Å². The van der Waals surface area contributed by atoms with Crippen LogP contribution in [0, 0.1) is 12.8 Å². The Hall–Kier alpha value is -3.39. The van der Waals surface area contributed by atoms with Crippen molar-refractivity contribution in [1.29, 1.82) is 0 Å². The standard InChI is InChI=1S/C28H29F3N6O3S/c1-15-21(24-35-19-12-32-11-7-20(19)41-24)23(37-27(40)8-6-16(13-38)22(27)39)36-25(34-15)33-14-26(9-10-26)17-2-4-18(5-3-17)28(29,30)31/h2-5,7,11-12,16,22,38-40H,6,8-10,13-14H2,1H3,(H2,33,34,36,37). The molecule has 2 fully saturated rings. The van der Waals surface area contributed by atoms with E-state index in [4.69, 9.17) is 4.98 Å². The first-order chi connectivity index (χ1) is 19.5. The van der Waals surface area contributed by atoms with Gasteiger partial charge in [-0.25, -0.2) is 9.97 Å². The minimum absolute atomic E-state index is 0.200. The van der Waals surface area contributed by atoms with Crippen LogP contribution in [0.15, 0.2) is 42.7 Å². The summed E-state index contributed by atoms with van der Waals surface area (Å²) in [6.07, 6.45) is -0.0379. The molecule has 9 nitrogen and oxygen atoms in total. The minimum atomic E-state index is -4.39. The van der Waals surface area contributed by atoms with Gasteiger partial charge < -0.3 is 26.0 Å². The molecule has 0 radical (unpaired) electrons. The number of alkyl halides is 3. The van der Waals surface area contributed by atoms with Gasteiger partial charge in [0.25, 0.3) is 0 Å². The molecule has 2 saturated carbocycles. The number of nitrogens with zero attached hydrogens (tertiary/aromatic N) is 4. The predicted molar refractivity (Wildman–Crippen MR) is 148 cm³/mol. The molecule has 41 heavy (non-hydrogen) atoms.